The summed E-state index contributed by atoms with van der Waals surface area (Å²) in [5.74, 6) is 2.18. The van der Waals surface area contributed by atoms with Crippen LogP contribution in [0.3, 0.4) is 0 Å². The average Bonchev–Trinajstić information content (AvgIpc) is 2.53. The molecule has 24 heavy (non-hydrogen) atoms. The highest BCUT2D eigenvalue weighted by atomic mass is 16.2. The topological polar surface area (TPSA) is 85.2 Å². The molecule has 0 radical (unpaired) electrons. The number of likely N-dealkylation sites (N-methyl/N-ethyl adjacent to an activating group) is 1. The number of hydrogen-bond donors (Lipinski definition) is 2. The number of nitriles is 1. The molecule has 4 fully saturated rings. The van der Waals surface area contributed by atoms with Crippen LogP contribution in [-0.4, -0.2) is 48.9 Å². The molecule has 0 spiro atoms. The number of nitrogens with one attached hydrogen (secondary N) is 2. The fourth-order valence-electron chi connectivity index (χ4n) is 5.65. The van der Waals surface area contributed by atoms with Gasteiger partial charge in [0.2, 0.25) is 11.8 Å². The summed E-state index contributed by atoms with van der Waals surface area (Å²) in [5.41, 5.74) is -0.0304. The molecule has 0 atom stereocenters. The summed E-state index contributed by atoms with van der Waals surface area (Å²) in [6.07, 6.45) is 7.67. The third-order valence-electron chi connectivity index (χ3n) is 6.17. The Kier molecular flexibility index (Phi) is 5.09. The lowest BCUT2D eigenvalue weighted by Crippen LogP contribution is -2.62. The fourth-order valence-corrected chi connectivity index (χ4v) is 5.65. The van der Waals surface area contributed by atoms with E-state index in [1.165, 1.54) is 19.3 Å². The van der Waals surface area contributed by atoms with E-state index in [9.17, 15) is 9.59 Å². The van der Waals surface area contributed by atoms with Gasteiger partial charge in [-0.25, -0.2) is 0 Å². The van der Waals surface area contributed by atoms with E-state index >= 15 is 0 Å². The van der Waals surface area contributed by atoms with Crippen molar-refractivity contribution in [3.63, 3.8) is 0 Å². The highest BCUT2D eigenvalue weighted by Crippen LogP contribution is 2.57. The van der Waals surface area contributed by atoms with Crippen molar-refractivity contribution in [2.45, 2.75) is 50.5 Å². The normalized spacial score (nSPS) is 33.1. The Morgan fingerprint density at radius 2 is 1.71 bits per heavy atom. The van der Waals surface area contributed by atoms with Crippen LogP contribution < -0.4 is 10.6 Å². The molecule has 2 N–H and O–H groups in total. The van der Waals surface area contributed by atoms with Gasteiger partial charge in [0.1, 0.15) is 0 Å². The van der Waals surface area contributed by atoms with Crippen molar-refractivity contribution >= 4 is 11.8 Å². The molecule has 6 nitrogen and oxygen atoms in total. The second kappa shape index (κ2) is 7.10. The monoisotopic (exact) mass is 332 g/mol. The predicted molar refractivity (Wildman–Crippen MR) is 89.8 cm³/mol. The van der Waals surface area contributed by atoms with Gasteiger partial charge in [-0.15, -0.1) is 0 Å². The van der Waals surface area contributed by atoms with E-state index in [2.05, 4.69) is 16.7 Å². The van der Waals surface area contributed by atoms with Crippen LogP contribution in [-0.2, 0) is 9.59 Å². The number of rotatable bonds is 7. The summed E-state index contributed by atoms with van der Waals surface area (Å²) in [6.45, 7) is 0.832. The van der Waals surface area contributed by atoms with Crippen LogP contribution in [0, 0.1) is 29.1 Å². The minimum absolute atomic E-state index is 0.0304. The van der Waals surface area contributed by atoms with Crippen molar-refractivity contribution in [2.75, 3.05) is 26.7 Å². The van der Waals surface area contributed by atoms with E-state index in [0.29, 0.717) is 13.0 Å². The number of carbonyl (C=O) groups is 2. The molecule has 4 aliphatic carbocycles. The second-order valence-corrected chi connectivity index (χ2v) is 7.87. The van der Waals surface area contributed by atoms with E-state index in [-0.39, 0.29) is 30.4 Å². The van der Waals surface area contributed by atoms with Crippen LogP contribution >= 0.6 is 0 Å². The Morgan fingerprint density at radius 1 is 1.12 bits per heavy atom. The predicted octanol–water partition coefficient (Wildman–Crippen LogP) is 1.03. The molecule has 2 amide bonds. The molecule has 0 unspecified atom stereocenters. The summed E-state index contributed by atoms with van der Waals surface area (Å²) in [6, 6.07) is 2.19. The third kappa shape index (κ3) is 3.41. The molecule has 0 aromatic rings. The summed E-state index contributed by atoms with van der Waals surface area (Å²) in [4.78, 5) is 26.2. The van der Waals surface area contributed by atoms with Gasteiger partial charge >= 0.3 is 0 Å². The first-order valence-electron chi connectivity index (χ1n) is 9.15. The second-order valence-electron chi connectivity index (χ2n) is 7.87. The summed E-state index contributed by atoms with van der Waals surface area (Å²) < 4.78 is 0. The number of carbonyl (C=O) groups excluding carboxylic acids is 2. The van der Waals surface area contributed by atoms with Gasteiger partial charge < -0.3 is 10.2 Å². The molecule has 4 bridgehead atoms. The molecule has 0 heterocycles. The van der Waals surface area contributed by atoms with Crippen molar-refractivity contribution in [2.24, 2.45) is 17.8 Å². The SMILES string of the molecule is CNC(=O)CNCC(=O)N(CCC#N)C12CC3CC(CC(C3)C1)C2. The Morgan fingerprint density at radius 3 is 2.21 bits per heavy atom. The molecular formula is C18H28N4O2. The van der Waals surface area contributed by atoms with Gasteiger partial charge in [-0.1, -0.05) is 0 Å². The van der Waals surface area contributed by atoms with E-state index < -0.39 is 0 Å². The molecule has 6 heteroatoms. The molecule has 4 aliphatic rings. The lowest BCUT2D eigenvalue weighted by atomic mass is 9.52. The molecule has 0 saturated heterocycles. The first-order valence-corrected chi connectivity index (χ1v) is 9.15. The van der Waals surface area contributed by atoms with Crippen LogP contribution in [0.15, 0.2) is 0 Å². The minimum atomic E-state index is -0.124. The average molecular weight is 332 g/mol. The van der Waals surface area contributed by atoms with Gasteiger partial charge in [0, 0.05) is 19.1 Å². The first kappa shape index (κ1) is 17.2. The largest absolute Gasteiger partial charge is 0.358 e. The standard InChI is InChI=1S/C18H28N4O2/c1-20-16(23)11-21-12-17(24)22(4-2-3-19)18-8-13-5-14(9-18)7-15(6-13)10-18/h13-15,21H,2,4-12H2,1H3,(H,20,23). The van der Waals surface area contributed by atoms with Gasteiger partial charge in [-0.3, -0.25) is 14.9 Å². The minimum Gasteiger partial charge on any atom is -0.358 e. The summed E-state index contributed by atoms with van der Waals surface area (Å²) in [5, 5.41) is 14.5. The maximum atomic E-state index is 12.9. The van der Waals surface area contributed by atoms with E-state index in [1.807, 2.05) is 4.90 Å². The summed E-state index contributed by atoms with van der Waals surface area (Å²) in [7, 11) is 1.58. The van der Waals surface area contributed by atoms with Gasteiger partial charge in [0.05, 0.1) is 25.6 Å². The molecular weight excluding hydrogens is 304 g/mol. The quantitative estimate of drug-likeness (QED) is 0.729. The van der Waals surface area contributed by atoms with Crippen molar-refractivity contribution in [1.29, 1.82) is 5.26 Å². The lowest BCUT2D eigenvalue weighted by molar-refractivity contribution is -0.149. The fraction of sp³-hybridized carbons (Fsp3) is 0.833. The number of hydrogen-bond acceptors (Lipinski definition) is 4. The number of nitrogens with zero attached hydrogens (tertiary/aromatic N) is 2. The van der Waals surface area contributed by atoms with Gasteiger partial charge in [-0.2, -0.15) is 5.26 Å². The Labute approximate surface area is 144 Å². The first-order chi connectivity index (χ1) is 11.6. The maximum absolute atomic E-state index is 12.9. The Balaban J connectivity index is 1.68. The van der Waals surface area contributed by atoms with Crippen LogP contribution in [0.1, 0.15) is 44.9 Å². The maximum Gasteiger partial charge on any atom is 0.237 e. The van der Waals surface area contributed by atoms with Crippen molar-refractivity contribution in [1.82, 2.24) is 15.5 Å². The highest BCUT2D eigenvalue weighted by Gasteiger charge is 2.54. The van der Waals surface area contributed by atoms with Crippen LogP contribution in [0.5, 0.6) is 0 Å². The summed E-state index contributed by atoms with van der Waals surface area (Å²) >= 11 is 0. The molecule has 0 aromatic carbocycles. The van der Waals surface area contributed by atoms with Crippen LogP contribution in [0.25, 0.3) is 0 Å². The van der Waals surface area contributed by atoms with Crippen molar-refractivity contribution in [3.8, 4) is 6.07 Å². The molecule has 4 rings (SSSR count). The van der Waals surface area contributed by atoms with Crippen LogP contribution in [0.2, 0.25) is 0 Å². The van der Waals surface area contributed by atoms with E-state index in [0.717, 1.165) is 37.0 Å². The zero-order chi connectivity index (χ0) is 17.2. The molecule has 4 saturated carbocycles. The van der Waals surface area contributed by atoms with Gasteiger partial charge in [-0.05, 0) is 56.3 Å². The molecule has 0 aromatic heterocycles. The van der Waals surface area contributed by atoms with Crippen LogP contribution in [0.4, 0.5) is 0 Å². The van der Waals surface area contributed by atoms with Gasteiger partial charge in [0.25, 0.3) is 0 Å². The Bertz CT molecular complexity index is 504. The zero-order valence-corrected chi connectivity index (χ0v) is 14.5. The molecule has 0 aliphatic heterocycles. The van der Waals surface area contributed by atoms with Crippen molar-refractivity contribution < 1.29 is 9.59 Å². The zero-order valence-electron chi connectivity index (χ0n) is 14.5. The Hall–Kier alpha value is -1.61. The molecule has 132 valence electrons. The lowest BCUT2D eigenvalue weighted by Gasteiger charge is -2.60. The van der Waals surface area contributed by atoms with E-state index in [1.54, 1.807) is 7.05 Å². The van der Waals surface area contributed by atoms with Crippen molar-refractivity contribution in [3.05, 3.63) is 0 Å². The third-order valence-corrected chi connectivity index (χ3v) is 6.17. The highest BCUT2D eigenvalue weighted by molar-refractivity contribution is 5.81. The van der Waals surface area contributed by atoms with E-state index in [4.69, 9.17) is 5.26 Å². The number of amides is 2. The van der Waals surface area contributed by atoms with Gasteiger partial charge in [0.15, 0.2) is 0 Å². The smallest absolute Gasteiger partial charge is 0.237 e.